The Morgan fingerprint density at radius 2 is 1.75 bits per heavy atom. The highest BCUT2D eigenvalue weighted by Crippen LogP contribution is 2.34. The molecule has 4 rings (SSSR count). The van der Waals surface area contributed by atoms with Gasteiger partial charge in [-0.3, -0.25) is 0 Å². The van der Waals surface area contributed by atoms with E-state index in [2.05, 4.69) is 12.1 Å². The van der Waals surface area contributed by atoms with Crippen molar-refractivity contribution in [2.75, 3.05) is 11.5 Å². The van der Waals surface area contributed by atoms with Gasteiger partial charge in [-0.05, 0) is 44.1 Å². The molecule has 1 unspecified atom stereocenters. The van der Waals surface area contributed by atoms with Gasteiger partial charge in [0, 0.05) is 18.4 Å². The fourth-order valence-electron chi connectivity index (χ4n) is 4.28. The molecule has 1 aromatic heterocycles. The third-order valence-electron chi connectivity index (χ3n) is 5.87. The molecule has 1 saturated carbocycles. The monoisotopic (exact) mass is 424 g/mol. The van der Waals surface area contributed by atoms with Gasteiger partial charge >= 0.3 is 0 Å². The Kier molecular flexibility index (Phi) is 6.78. The molecule has 2 fully saturated rings. The van der Waals surface area contributed by atoms with Crippen LogP contribution in [0.25, 0.3) is 0 Å². The zero-order chi connectivity index (χ0) is 18.9. The number of aromatic nitrogens is 3. The topological polar surface area (TPSA) is 90.9 Å². The first kappa shape index (κ1) is 21.3. The smallest absolute Gasteiger partial charge is 0.152 e. The largest absolute Gasteiger partial charge is 0.328 e. The summed E-state index contributed by atoms with van der Waals surface area (Å²) < 4.78 is 25.9. The number of hydrogen-bond donors (Lipinski definition) is 1. The Hall–Kier alpha value is -1.44. The van der Waals surface area contributed by atoms with Crippen LogP contribution in [0.2, 0.25) is 0 Å². The van der Waals surface area contributed by atoms with E-state index in [0.29, 0.717) is 12.3 Å². The second kappa shape index (κ2) is 8.93. The van der Waals surface area contributed by atoms with Crippen LogP contribution in [0.15, 0.2) is 30.3 Å². The summed E-state index contributed by atoms with van der Waals surface area (Å²) in [6.45, 7) is 0. The Balaban J connectivity index is 0.00000225. The van der Waals surface area contributed by atoms with E-state index in [1.807, 2.05) is 22.9 Å². The first-order valence-electron chi connectivity index (χ1n) is 9.95. The maximum Gasteiger partial charge on any atom is 0.152 e. The summed E-state index contributed by atoms with van der Waals surface area (Å²) in [5, 5.41) is 4.78. The van der Waals surface area contributed by atoms with Gasteiger partial charge in [0.05, 0.1) is 17.5 Å². The highest BCUT2D eigenvalue weighted by Gasteiger charge is 2.34. The summed E-state index contributed by atoms with van der Waals surface area (Å²) in [5.41, 5.74) is 7.33. The Bertz CT molecular complexity index is 877. The number of halogens is 1. The highest BCUT2D eigenvalue weighted by atomic mass is 35.5. The van der Waals surface area contributed by atoms with Gasteiger partial charge in [-0.1, -0.05) is 30.3 Å². The molecule has 1 atom stereocenters. The van der Waals surface area contributed by atoms with Crippen molar-refractivity contribution in [3.05, 3.63) is 47.5 Å². The number of sulfone groups is 1. The third kappa shape index (κ3) is 4.93. The van der Waals surface area contributed by atoms with Crippen LogP contribution in [0.4, 0.5) is 0 Å². The van der Waals surface area contributed by atoms with Crippen molar-refractivity contribution in [2.45, 2.75) is 62.9 Å². The summed E-state index contributed by atoms with van der Waals surface area (Å²) in [4.78, 5) is 4.88. The Morgan fingerprint density at radius 1 is 1.04 bits per heavy atom. The normalized spacial score (nSPS) is 26.7. The number of aryl methyl sites for hydroxylation is 2. The predicted molar refractivity (Wildman–Crippen MR) is 113 cm³/mol. The summed E-state index contributed by atoms with van der Waals surface area (Å²) in [6, 6.07) is 10.5. The van der Waals surface area contributed by atoms with Gasteiger partial charge in [-0.2, -0.15) is 5.10 Å². The van der Waals surface area contributed by atoms with E-state index in [1.54, 1.807) is 0 Å². The lowest BCUT2D eigenvalue weighted by Crippen LogP contribution is -2.27. The van der Waals surface area contributed by atoms with Crippen LogP contribution < -0.4 is 5.73 Å². The second-order valence-corrected chi connectivity index (χ2v) is 10.2. The zero-order valence-corrected chi connectivity index (χ0v) is 17.7. The molecule has 1 aromatic carbocycles. The van der Waals surface area contributed by atoms with Gasteiger partial charge < -0.3 is 5.73 Å². The molecule has 28 heavy (non-hydrogen) atoms. The molecule has 1 aliphatic heterocycles. The molecule has 0 radical (unpaired) electrons. The van der Waals surface area contributed by atoms with Crippen LogP contribution in [0.5, 0.6) is 0 Å². The average Bonchev–Trinajstić information content (AvgIpc) is 3.24. The lowest BCUT2D eigenvalue weighted by molar-refractivity contribution is 0.359. The number of nitrogens with zero attached hydrogens (tertiary/aromatic N) is 3. The van der Waals surface area contributed by atoms with Crippen molar-refractivity contribution >= 4 is 22.2 Å². The van der Waals surface area contributed by atoms with Gasteiger partial charge in [0.2, 0.25) is 0 Å². The van der Waals surface area contributed by atoms with E-state index in [4.69, 9.17) is 15.8 Å². The molecule has 8 heteroatoms. The molecular weight excluding hydrogens is 396 g/mol. The van der Waals surface area contributed by atoms with Crippen LogP contribution in [0.1, 0.15) is 61.3 Å². The first-order chi connectivity index (χ1) is 13.0. The molecule has 0 bridgehead atoms. The van der Waals surface area contributed by atoms with E-state index in [0.717, 1.165) is 50.2 Å². The van der Waals surface area contributed by atoms with Crippen LogP contribution in [0.3, 0.4) is 0 Å². The Labute approximate surface area is 173 Å². The Morgan fingerprint density at radius 3 is 2.39 bits per heavy atom. The van der Waals surface area contributed by atoms with Crippen molar-refractivity contribution in [3.8, 4) is 0 Å². The fourth-order valence-corrected chi connectivity index (χ4v) is 5.97. The standard InChI is InChI=1S/C20H28N4O2S.ClH/c21-17-9-7-16(8-10-17)20-22-19(11-6-15-4-2-1-3-5-15)23-24(20)18-12-13-27(25,26)14-18;/h1-5,16-18H,6-14,21H2;1H. The summed E-state index contributed by atoms with van der Waals surface area (Å²) in [7, 11) is -2.95. The second-order valence-electron chi connectivity index (χ2n) is 7.98. The minimum absolute atomic E-state index is 0. The highest BCUT2D eigenvalue weighted by molar-refractivity contribution is 7.91. The van der Waals surface area contributed by atoms with E-state index >= 15 is 0 Å². The molecule has 1 aliphatic carbocycles. The van der Waals surface area contributed by atoms with Crippen molar-refractivity contribution in [2.24, 2.45) is 5.73 Å². The van der Waals surface area contributed by atoms with Gasteiger partial charge in [0.15, 0.2) is 15.7 Å². The van der Waals surface area contributed by atoms with Crippen molar-refractivity contribution in [1.82, 2.24) is 14.8 Å². The van der Waals surface area contributed by atoms with E-state index in [9.17, 15) is 8.42 Å². The number of nitrogens with two attached hydrogens (primary N) is 1. The quantitative estimate of drug-likeness (QED) is 0.796. The molecule has 6 nitrogen and oxygen atoms in total. The first-order valence-corrected chi connectivity index (χ1v) is 11.8. The van der Waals surface area contributed by atoms with Gasteiger partial charge in [-0.15, -0.1) is 12.4 Å². The number of rotatable bonds is 5. The fraction of sp³-hybridized carbons (Fsp3) is 0.600. The van der Waals surface area contributed by atoms with E-state index < -0.39 is 9.84 Å². The maximum atomic E-state index is 12.0. The van der Waals surface area contributed by atoms with E-state index in [-0.39, 0.29) is 36.0 Å². The number of hydrogen-bond acceptors (Lipinski definition) is 5. The molecule has 2 heterocycles. The SMILES string of the molecule is Cl.NC1CCC(c2nc(CCc3ccccc3)nn2C2CCS(=O)(=O)C2)CC1. The summed E-state index contributed by atoms with van der Waals surface area (Å²) >= 11 is 0. The van der Waals surface area contributed by atoms with Crippen molar-refractivity contribution < 1.29 is 8.42 Å². The van der Waals surface area contributed by atoms with Crippen LogP contribution in [-0.2, 0) is 22.7 Å². The molecule has 2 N–H and O–H groups in total. The van der Waals surface area contributed by atoms with Crippen LogP contribution >= 0.6 is 12.4 Å². The molecule has 0 spiro atoms. The van der Waals surface area contributed by atoms with Gasteiger partial charge in [0.25, 0.3) is 0 Å². The summed E-state index contributed by atoms with van der Waals surface area (Å²) in [6.07, 6.45) is 6.33. The van der Waals surface area contributed by atoms with Crippen molar-refractivity contribution in [3.63, 3.8) is 0 Å². The third-order valence-corrected chi connectivity index (χ3v) is 7.62. The molecule has 2 aromatic rings. The number of benzene rings is 1. The molecule has 154 valence electrons. The molecule has 2 aliphatic rings. The molecule has 0 amide bonds. The minimum Gasteiger partial charge on any atom is -0.328 e. The summed E-state index contributed by atoms with van der Waals surface area (Å²) in [5.74, 6) is 2.59. The maximum absolute atomic E-state index is 12.0. The predicted octanol–water partition coefficient (Wildman–Crippen LogP) is 2.83. The zero-order valence-electron chi connectivity index (χ0n) is 16.0. The lowest BCUT2D eigenvalue weighted by atomic mass is 9.86. The molecule has 1 saturated heterocycles. The van der Waals surface area contributed by atoms with Crippen molar-refractivity contribution in [1.29, 1.82) is 0 Å². The van der Waals surface area contributed by atoms with E-state index in [1.165, 1.54) is 5.56 Å². The van der Waals surface area contributed by atoms with Gasteiger partial charge in [-0.25, -0.2) is 18.1 Å². The van der Waals surface area contributed by atoms with Crippen LogP contribution in [0, 0.1) is 0 Å². The lowest BCUT2D eigenvalue weighted by Gasteiger charge is -2.26. The molecular formula is C20H29ClN4O2S. The van der Waals surface area contributed by atoms with Gasteiger partial charge in [0.1, 0.15) is 5.82 Å². The minimum atomic E-state index is -2.95. The van der Waals surface area contributed by atoms with Crippen LogP contribution in [-0.4, -0.2) is 40.7 Å². The average molecular weight is 425 g/mol.